The van der Waals surface area contributed by atoms with E-state index in [1.807, 2.05) is 0 Å². The summed E-state index contributed by atoms with van der Waals surface area (Å²) in [6, 6.07) is 0. The molecule has 18 heavy (non-hydrogen) atoms. The molecule has 10 heteroatoms. The molecule has 2 heterocycles. The second kappa shape index (κ2) is 4.59. The van der Waals surface area contributed by atoms with Gasteiger partial charge in [0.15, 0.2) is 17.6 Å². The van der Waals surface area contributed by atoms with Gasteiger partial charge in [-0.3, -0.25) is 4.18 Å². The quantitative estimate of drug-likeness (QED) is 0.629. The Labute approximate surface area is 104 Å². The molecule has 0 aromatic carbocycles. The van der Waals surface area contributed by atoms with Crippen molar-refractivity contribution in [3.63, 3.8) is 0 Å². The predicted molar refractivity (Wildman–Crippen MR) is 55.2 cm³/mol. The molecule has 0 radical (unpaired) electrons. The number of ether oxygens (including phenoxy) is 2. The second-order valence-corrected chi connectivity index (χ2v) is 5.69. The van der Waals surface area contributed by atoms with E-state index in [0.717, 1.165) is 0 Å². The standard InChI is InChI=1S/C8H7F3O5S2/c9-8(10,11)18(12,13)15-2-5-1-14-6-3-17-4-7(6)16-5/h3-5H,1-2H2. The van der Waals surface area contributed by atoms with Gasteiger partial charge in [-0.15, -0.1) is 11.3 Å². The van der Waals surface area contributed by atoms with Gasteiger partial charge in [0.25, 0.3) is 0 Å². The van der Waals surface area contributed by atoms with Crippen molar-refractivity contribution in [3.05, 3.63) is 10.8 Å². The van der Waals surface area contributed by atoms with E-state index in [1.165, 1.54) is 11.3 Å². The molecule has 1 atom stereocenters. The molecule has 102 valence electrons. The lowest BCUT2D eigenvalue weighted by Gasteiger charge is -2.24. The molecule has 1 aromatic rings. The first kappa shape index (κ1) is 13.4. The average Bonchev–Trinajstić information content (AvgIpc) is 2.71. The first-order valence-electron chi connectivity index (χ1n) is 4.61. The van der Waals surface area contributed by atoms with Crippen LogP contribution >= 0.6 is 11.3 Å². The van der Waals surface area contributed by atoms with E-state index < -0.39 is 28.3 Å². The fourth-order valence-corrected chi connectivity index (χ4v) is 2.31. The fraction of sp³-hybridized carbons (Fsp3) is 0.500. The van der Waals surface area contributed by atoms with Crippen LogP contribution in [0.1, 0.15) is 0 Å². The van der Waals surface area contributed by atoms with Crippen LogP contribution in [0, 0.1) is 0 Å². The molecule has 0 amide bonds. The first-order valence-corrected chi connectivity index (χ1v) is 6.96. The number of halogens is 3. The summed E-state index contributed by atoms with van der Waals surface area (Å²) < 4.78 is 71.5. The Balaban J connectivity index is 1.94. The number of thiophene rings is 1. The van der Waals surface area contributed by atoms with Gasteiger partial charge in [-0.2, -0.15) is 21.6 Å². The number of alkyl halides is 3. The minimum atomic E-state index is -5.59. The molecule has 0 bridgehead atoms. The van der Waals surface area contributed by atoms with Crippen LogP contribution in [-0.4, -0.2) is 33.2 Å². The van der Waals surface area contributed by atoms with Gasteiger partial charge in [0.1, 0.15) is 13.2 Å². The van der Waals surface area contributed by atoms with Crippen molar-refractivity contribution in [2.75, 3.05) is 13.2 Å². The van der Waals surface area contributed by atoms with Crippen LogP contribution in [0.25, 0.3) is 0 Å². The maximum Gasteiger partial charge on any atom is 0.523 e. The van der Waals surface area contributed by atoms with Gasteiger partial charge in [-0.05, 0) is 0 Å². The average molecular weight is 304 g/mol. The lowest BCUT2D eigenvalue weighted by atomic mass is 10.3. The normalized spacial score (nSPS) is 19.8. The Morgan fingerprint density at radius 3 is 2.72 bits per heavy atom. The zero-order valence-electron chi connectivity index (χ0n) is 8.64. The summed E-state index contributed by atoms with van der Waals surface area (Å²) in [4.78, 5) is 0. The molecular weight excluding hydrogens is 297 g/mol. The van der Waals surface area contributed by atoms with Crippen molar-refractivity contribution in [2.45, 2.75) is 11.6 Å². The van der Waals surface area contributed by atoms with Gasteiger partial charge in [0.2, 0.25) is 0 Å². The van der Waals surface area contributed by atoms with Crippen molar-refractivity contribution in [1.29, 1.82) is 0 Å². The van der Waals surface area contributed by atoms with Crippen LogP contribution in [0.5, 0.6) is 11.5 Å². The largest absolute Gasteiger partial charge is 0.523 e. The van der Waals surface area contributed by atoms with Gasteiger partial charge in [-0.1, -0.05) is 0 Å². The molecule has 1 aliphatic heterocycles. The Hall–Kier alpha value is -1.00. The third-order valence-corrected chi connectivity index (χ3v) is 3.72. The molecule has 0 aliphatic carbocycles. The van der Waals surface area contributed by atoms with Crippen molar-refractivity contribution >= 4 is 21.5 Å². The summed E-state index contributed by atoms with van der Waals surface area (Å²) in [5.41, 5.74) is -5.43. The highest BCUT2D eigenvalue weighted by Crippen LogP contribution is 2.35. The van der Waals surface area contributed by atoms with Gasteiger partial charge < -0.3 is 9.47 Å². The molecule has 2 rings (SSSR count). The third kappa shape index (κ3) is 2.70. The van der Waals surface area contributed by atoms with E-state index >= 15 is 0 Å². The van der Waals surface area contributed by atoms with Crippen LogP contribution in [0.3, 0.4) is 0 Å². The first-order chi connectivity index (χ1) is 8.29. The molecular formula is C8H7F3O5S2. The molecule has 0 saturated carbocycles. The minimum Gasteiger partial charge on any atom is -0.485 e. The van der Waals surface area contributed by atoms with E-state index in [2.05, 4.69) is 4.18 Å². The zero-order valence-corrected chi connectivity index (χ0v) is 10.3. The molecule has 0 saturated heterocycles. The van der Waals surface area contributed by atoms with Crippen molar-refractivity contribution in [2.24, 2.45) is 0 Å². The maximum absolute atomic E-state index is 12.0. The molecule has 0 spiro atoms. The Kier molecular flexibility index (Phi) is 3.43. The lowest BCUT2D eigenvalue weighted by Crippen LogP contribution is -2.36. The summed E-state index contributed by atoms with van der Waals surface area (Å²) in [7, 11) is -5.59. The van der Waals surface area contributed by atoms with E-state index in [4.69, 9.17) is 9.47 Å². The molecule has 5 nitrogen and oxygen atoms in total. The summed E-state index contributed by atoms with van der Waals surface area (Å²) in [5, 5.41) is 3.26. The van der Waals surface area contributed by atoms with Gasteiger partial charge in [-0.25, -0.2) is 0 Å². The van der Waals surface area contributed by atoms with Crippen LogP contribution in [0.15, 0.2) is 10.8 Å². The van der Waals surface area contributed by atoms with Crippen LogP contribution in [0.2, 0.25) is 0 Å². The second-order valence-electron chi connectivity index (χ2n) is 3.34. The Morgan fingerprint density at radius 1 is 1.39 bits per heavy atom. The number of hydrogen-bond acceptors (Lipinski definition) is 6. The maximum atomic E-state index is 12.0. The topological polar surface area (TPSA) is 61.8 Å². The highest BCUT2D eigenvalue weighted by Gasteiger charge is 2.47. The van der Waals surface area contributed by atoms with Crippen LogP contribution in [0.4, 0.5) is 13.2 Å². The van der Waals surface area contributed by atoms with E-state index in [9.17, 15) is 21.6 Å². The summed E-state index contributed by atoms with van der Waals surface area (Å²) in [6.07, 6.45) is -0.899. The monoisotopic (exact) mass is 304 g/mol. The van der Waals surface area contributed by atoms with Gasteiger partial charge in [0, 0.05) is 10.8 Å². The predicted octanol–water partition coefficient (Wildman–Crippen LogP) is 1.75. The van der Waals surface area contributed by atoms with E-state index in [-0.39, 0.29) is 6.61 Å². The molecule has 0 N–H and O–H groups in total. The smallest absolute Gasteiger partial charge is 0.485 e. The molecule has 1 aromatic heterocycles. The summed E-state index contributed by atoms with van der Waals surface area (Å²) >= 11 is 1.30. The highest BCUT2D eigenvalue weighted by atomic mass is 32.2. The molecule has 1 aliphatic rings. The van der Waals surface area contributed by atoms with Crippen molar-refractivity contribution < 1.29 is 35.2 Å². The number of hydrogen-bond donors (Lipinski definition) is 0. The summed E-state index contributed by atoms with van der Waals surface area (Å²) in [5.74, 6) is 0.846. The molecule has 1 unspecified atom stereocenters. The van der Waals surface area contributed by atoms with Crippen molar-refractivity contribution in [3.8, 4) is 11.5 Å². The third-order valence-electron chi connectivity index (χ3n) is 2.00. The highest BCUT2D eigenvalue weighted by molar-refractivity contribution is 7.87. The number of fused-ring (bicyclic) bond motifs is 1. The Morgan fingerprint density at radius 2 is 2.06 bits per heavy atom. The van der Waals surface area contributed by atoms with Gasteiger partial charge >= 0.3 is 15.6 Å². The fourth-order valence-electron chi connectivity index (χ4n) is 1.18. The van der Waals surface area contributed by atoms with E-state index in [1.54, 1.807) is 10.8 Å². The van der Waals surface area contributed by atoms with Crippen LogP contribution < -0.4 is 9.47 Å². The van der Waals surface area contributed by atoms with Crippen molar-refractivity contribution in [1.82, 2.24) is 0 Å². The van der Waals surface area contributed by atoms with E-state index in [0.29, 0.717) is 11.5 Å². The lowest BCUT2D eigenvalue weighted by molar-refractivity contribution is -0.0572. The van der Waals surface area contributed by atoms with Crippen LogP contribution in [-0.2, 0) is 14.3 Å². The molecule has 0 fully saturated rings. The summed E-state index contributed by atoms with van der Waals surface area (Å²) in [6.45, 7) is -0.825. The Bertz CT molecular complexity index is 521. The SMILES string of the molecule is O=S(=O)(OCC1COc2cscc2O1)C(F)(F)F. The number of rotatable bonds is 3. The zero-order chi connectivity index (χ0) is 13.4. The van der Waals surface area contributed by atoms with Gasteiger partial charge in [0.05, 0.1) is 0 Å². The minimum absolute atomic E-state index is 0.0723.